The van der Waals surface area contributed by atoms with Crippen molar-refractivity contribution in [3.8, 4) is 5.75 Å². The average Bonchev–Trinajstić information content (AvgIpc) is 2.39. The zero-order chi connectivity index (χ0) is 14.0. The van der Waals surface area contributed by atoms with Gasteiger partial charge in [-0.1, -0.05) is 6.92 Å². The summed E-state index contributed by atoms with van der Waals surface area (Å²) in [5.41, 5.74) is 6.15. The van der Waals surface area contributed by atoms with E-state index in [2.05, 4.69) is 6.92 Å². The van der Waals surface area contributed by atoms with Gasteiger partial charge in [0.1, 0.15) is 5.75 Å². The van der Waals surface area contributed by atoms with E-state index in [0.717, 1.165) is 12.8 Å². The van der Waals surface area contributed by atoms with Crippen molar-refractivity contribution in [1.82, 2.24) is 4.31 Å². The first kappa shape index (κ1) is 14.1. The van der Waals surface area contributed by atoms with Crippen molar-refractivity contribution in [2.24, 2.45) is 5.92 Å². The highest BCUT2D eigenvalue weighted by Crippen LogP contribution is 2.28. The summed E-state index contributed by atoms with van der Waals surface area (Å²) in [7, 11) is -1.97. The largest absolute Gasteiger partial charge is 0.495 e. The van der Waals surface area contributed by atoms with Gasteiger partial charge in [0.25, 0.3) is 0 Å². The van der Waals surface area contributed by atoms with Crippen LogP contribution in [0.4, 0.5) is 5.69 Å². The zero-order valence-electron chi connectivity index (χ0n) is 11.3. The third-order valence-corrected chi connectivity index (χ3v) is 5.32. The molecule has 0 saturated carbocycles. The molecule has 2 N–H and O–H groups in total. The summed E-state index contributed by atoms with van der Waals surface area (Å²) in [6, 6.07) is 4.59. The topological polar surface area (TPSA) is 72.6 Å². The number of benzene rings is 1. The van der Waals surface area contributed by atoms with E-state index in [9.17, 15) is 8.42 Å². The smallest absolute Gasteiger partial charge is 0.243 e. The lowest BCUT2D eigenvalue weighted by Crippen LogP contribution is -2.39. The molecule has 1 aromatic rings. The number of ether oxygens (including phenoxy) is 1. The number of nitrogens with two attached hydrogens (primary N) is 1. The van der Waals surface area contributed by atoms with Gasteiger partial charge >= 0.3 is 0 Å². The van der Waals surface area contributed by atoms with E-state index in [1.165, 1.54) is 19.2 Å². The molecule has 0 bridgehead atoms. The Bertz CT molecular complexity index is 557. The minimum absolute atomic E-state index is 0.243. The van der Waals surface area contributed by atoms with Gasteiger partial charge < -0.3 is 10.5 Å². The first-order chi connectivity index (χ1) is 8.95. The fourth-order valence-electron chi connectivity index (χ4n) is 2.37. The van der Waals surface area contributed by atoms with Gasteiger partial charge in [0.05, 0.1) is 17.7 Å². The van der Waals surface area contributed by atoms with Crippen molar-refractivity contribution >= 4 is 15.7 Å². The van der Waals surface area contributed by atoms with Gasteiger partial charge in [0, 0.05) is 19.2 Å². The first-order valence-electron chi connectivity index (χ1n) is 6.39. The molecule has 1 aromatic carbocycles. The Hall–Kier alpha value is -1.27. The summed E-state index contributed by atoms with van der Waals surface area (Å²) >= 11 is 0. The maximum atomic E-state index is 12.5. The molecule has 1 unspecified atom stereocenters. The van der Waals surface area contributed by atoms with E-state index in [-0.39, 0.29) is 4.90 Å². The summed E-state index contributed by atoms with van der Waals surface area (Å²) in [5, 5.41) is 0. The van der Waals surface area contributed by atoms with Crippen LogP contribution in [-0.2, 0) is 10.0 Å². The van der Waals surface area contributed by atoms with E-state index >= 15 is 0 Å². The van der Waals surface area contributed by atoms with Crippen molar-refractivity contribution in [3.63, 3.8) is 0 Å². The highest BCUT2D eigenvalue weighted by Gasteiger charge is 2.29. The lowest BCUT2D eigenvalue weighted by molar-refractivity contribution is 0.281. The summed E-state index contributed by atoms with van der Waals surface area (Å²) in [6.07, 6.45) is 1.99. The number of nitrogens with zero attached hydrogens (tertiary/aromatic N) is 1. The molecular weight excluding hydrogens is 264 g/mol. The fraction of sp³-hybridized carbons (Fsp3) is 0.538. The molecule has 5 nitrogen and oxygen atoms in total. The Labute approximate surface area is 114 Å². The number of hydrogen-bond donors (Lipinski definition) is 1. The molecular formula is C13H20N2O3S. The van der Waals surface area contributed by atoms with Crippen LogP contribution in [0.25, 0.3) is 0 Å². The van der Waals surface area contributed by atoms with Crippen molar-refractivity contribution in [3.05, 3.63) is 18.2 Å². The zero-order valence-corrected chi connectivity index (χ0v) is 12.1. The van der Waals surface area contributed by atoms with Gasteiger partial charge in [-0.15, -0.1) is 0 Å². The number of piperidine rings is 1. The number of sulfonamides is 1. The van der Waals surface area contributed by atoms with E-state index in [0.29, 0.717) is 30.4 Å². The van der Waals surface area contributed by atoms with Gasteiger partial charge in [0.15, 0.2) is 0 Å². The predicted molar refractivity (Wildman–Crippen MR) is 74.6 cm³/mol. The lowest BCUT2D eigenvalue weighted by atomic mass is 10.0. The third-order valence-electron chi connectivity index (χ3n) is 3.46. The standard InChI is InChI=1S/C13H20N2O3S/c1-10-4-3-7-15(9-10)19(16,17)11-5-6-12(14)13(8-11)18-2/h5-6,8,10H,3-4,7,9,14H2,1-2H3. The monoisotopic (exact) mass is 284 g/mol. The van der Waals surface area contributed by atoms with Crippen LogP contribution in [-0.4, -0.2) is 32.9 Å². The lowest BCUT2D eigenvalue weighted by Gasteiger charge is -2.30. The van der Waals surface area contributed by atoms with E-state index in [1.54, 1.807) is 10.4 Å². The van der Waals surface area contributed by atoms with E-state index < -0.39 is 10.0 Å². The number of methoxy groups -OCH3 is 1. The SMILES string of the molecule is COc1cc(S(=O)(=O)N2CCCC(C)C2)ccc1N. The number of hydrogen-bond acceptors (Lipinski definition) is 4. The molecule has 6 heteroatoms. The molecule has 0 spiro atoms. The molecule has 1 aliphatic heterocycles. The van der Waals surface area contributed by atoms with E-state index in [1.807, 2.05) is 0 Å². The maximum Gasteiger partial charge on any atom is 0.243 e. The second kappa shape index (κ2) is 5.38. The molecule has 1 fully saturated rings. The first-order valence-corrected chi connectivity index (χ1v) is 7.83. The van der Waals surface area contributed by atoms with Crippen LogP contribution < -0.4 is 10.5 Å². The van der Waals surface area contributed by atoms with Gasteiger partial charge in [0.2, 0.25) is 10.0 Å². The van der Waals surface area contributed by atoms with Crippen molar-refractivity contribution in [2.45, 2.75) is 24.7 Å². The van der Waals surface area contributed by atoms with Crippen LogP contribution in [0.1, 0.15) is 19.8 Å². The quantitative estimate of drug-likeness (QED) is 0.857. The second-order valence-corrected chi connectivity index (χ2v) is 6.95. The maximum absolute atomic E-state index is 12.5. The van der Waals surface area contributed by atoms with Crippen LogP contribution in [0, 0.1) is 5.92 Å². The molecule has 19 heavy (non-hydrogen) atoms. The molecule has 0 aromatic heterocycles. The van der Waals surface area contributed by atoms with Crippen LogP contribution in [0.3, 0.4) is 0 Å². The normalized spacial score (nSPS) is 21.3. The molecule has 0 radical (unpaired) electrons. The van der Waals surface area contributed by atoms with Crippen molar-refractivity contribution in [1.29, 1.82) is 0 Å². The summed E-state index contributed by atoms with van der Waals surface area (Å²) in [5.74, 6) is 0.797. The molecule has 0 aliphatic carbocycles. The number of nitrogen functional groups attached to an aromatic ring is 1. The summed E-state index contributed by atoms with van der Waals surface area (Å²) < 4.78 is 31.7. The minimum Gasteiger partial charge on any atom is -0.495 e. The number of rotatable bonds is 3. The minimum atomic E-state index is -3.45. The van der Waals surface area contributed by atoms with Crippen LogP contribution in [0.2, 0.25) is 0 Å². The van der Waals surface area contributed by atoms with Gasteiger partial charge in [-0.3, -0.25) is 0 Å². The Morgan fingerprint density at radius 1 is 1.42 bits per heavy atom. The Morgan fingerprint density at radius 3 is 2.79 bits per heavy atom. The van der Waals surface area contributed by atoms with Crippen LogP contribution in [0.5, 0.6) is 5.75 Å². The molecule has 1 atom stereocenters. The van der Waals surface area contributed by atoms with Crippen molar-refractivity contribution < 1.29 is 13.2 Å². The Balaban J connectivity index is 2.33. The molecule has 0 amide bonds. The molecule has 2 rings (SSSR count). The molecule has 106 valence electrons. The second-order valence-electron chi connectivity index (χ2n) is 5.01. The molecule has 1 heterocycles. The van der Waals surface area contributed by atoms with Gasteiger partial charge in [-0.2, -0.15) is 4.31 Å². The third kappa shape index (κ3) is 2.84. The summed E-state index contributed by atoms with van der Waals surface area (Å²) in [4.78, 5) is 0.243. The predicted octanol–water partition coefficient (Wildman–Crippen LogP) is 1.70. The van der Waals surface area contributed by atoms with Crippen LogP contribution >= 0.6 is 0 Å². The van der Waals surface area contributed by atoms with Crippen LogP contribution in [0.15, 0.2) is 23.1 Å². The van der Waals surface area contributed by atoms with Gasteiger partial charge in [-0.25, -0.2) is 8.42 Å². The fourth-order valence-corrected chi connectivity index (χ4v) is 3.98. The highest BCUT2D eigenvalue weighted by molar-refractivity contribution is 7.89. The van der Waals surface area contributed by atoms with Crippen molar-refractivity contribution in [2.75, 3.05) is 25.9 Å². The van der Waals surface area contributed by atoms with E-state index in [4.69, 9.17) is 10.5 Å². The number of anilines is 1. The Morgan fingerprint density at radius 2 is 2.16 bits per heavy atom. The highest BCUT2D eigenvalue weighted by atomic mass is 32.2. The molecule has 1 saturated heterocycles. The summed E-state index contributed by atoms with van der Waals surface area (Å²) in [6.45, 7) is 3.24. The average molecular weight is 284 g/mol. The Kier molecular flexibility index (Phi) is 4.01. The van der Waals surface area contributed by atoms with Gasteiger partial charge in [-0.05, 0) is 30.9 Å². The molecule has 1 aliphatic rings.